The van der Waals surface area contributed by atoms with Gasteiger partial charge in [0.05, 0.1) is 39.3 Å². The quantitative estimate of drug-likeness (QED) is 0.132. The predicted octanol–water partition coefficient (Wildman–Crippen LogP) is 7.17. The lowest BCUT2D eigenvalue weighted by Crippen LogP contribution is -2.30. The molecule has 2 aliphatic rings. The van der Waals surface area contributed by atoms with Crippen molar-refractivity contribution in [1.29, 1.82) is 0 Å². The molecular weight excluding hydrogens is 575 g/mol. The zero-order chi connectivity index (χ0) is 29.5. The van der Waals surface area contributed by atoms with Gasteiger partial charge in [-0.05, 0) is 67.6 Å². The average Bonchev–Trinajstić information content (AvgIpc) is 3.23. The van der Waals surface area contributed by atoms with Gasteiger partial charge in [0.15, 0.2) is 6.61 Å². The highest BCUT2D eigenvalue weighted by Crippen LogP contribution is 2.42. The first-order valence-corrected chi connectivity index (χ1v) is 14.5. The van der Waals surface area contributed by atoms with Gasteiger partial charge in [0.2, 0.25) is 17.6 Å². The van der Waals surface area contributed by atoms with E-state index in [1.54, 1.807) is 54.6 Å². The molecule has 0 bridgehead atoms. The largest absolute Gasteiger partial charge is 0.454 e. The van der Waals surface area contributed by atoms with Crippen molar-refractivity contribution in [3.8, 4) is 11.3 Å². The molecule has 9 heteroatoms. The van der Waals surface area contributed by atoms with Gasteiger partial charge >= 0.3 is 5.97 Å². The molecule has 3 aromatic carbocycles. The number of nitrogens with zero attached hydrogens (tertiary/aromatic N) is 2. The Balaban J connectivity index is 1.25. The number of pyridine rings is 1. The molecule has 1 aliphatic carbocycles. The van der Waals surface area contributed by atoms with Crippen molar-refractivity contribution in [2.24, 2.45) is 17.8 Å². The summed E-state index contributed by atoms with van der Waals surface area (Å²) in [4.78, 5) is 58.2. The average molecular weight is 601 g/mol. The molecule has 0 spiro atoms. The van der Waals surface area contributed by atoms with Crippen LogP contribution in [0.1, 0.15) is 46.9 Å². The minimum atomic E-state index is -0.685. The first kappa shape index (κ1) is 28.1. The van der Waals surface area contributed by atoms with E-state index in [0.29, 0.717) is 38.8 Å². The summed E-state index contributed by atoms with van der Waals surface area (Å²) in [5, 5.41) is 1.14. The Morgan fingerprint density at radius 1 is 0.905 bits per heavy atom. The van der Waals surface area contributed by atoms with Gasteiger partial charge in [-0.15, -0.1) is 0 Å². The summed E-state index contributed by atoms with van der Waals surface area (Å²) in [6.07, 6.45) is 2.43. The smallest absolute Gasteiger partial charge is 0.339 e. The van der Waals surface area contributed by atoms with Gasteiger partial charge in [0.25, 0.3) is 0 Å². The molecule has 212 valence electrons. The number of amides is 2. The van der Waals surface area contributed by atoms with E-state index in [1.165, 1.54) is 17.0 Å². The van der Waals surface area contributed by atoms with Gasteiger partial charge in [0, 0.05) is 21.5 Å². The van der Waals surface area contributed by atoms with Crippen LogP contribution in [0.25, 0.3) is 22.2 Å². The third-order valence-electron chi connectivity index (χ3n) is 8.11. The lowest BCUT2D eigenvalue weighted by atomic mass is 9.76. The normalized spacial score (nSPS) is 20.1. The number of anilines is 1. The van der Waals surface area contributed by atoms with Crippen LogP contribution < -0.4 is 4.90 Å². The van der Waals surface area contributed by atoms with Crippen LogP contribution >= 0.6 is 23.2 Å². The number of ether oxygens (including phenoxy) is 1. The van der Waals surface area contributed by atoms with Crippen molar-refractivity contribution < 1.29 is 23.9 Å². The van der Waals surface area contributed by atoms with Crippen LogP contribution in [-0.4, -0.2) is 35.2 Å². The zero-order valence-electron chi connectivity index (χ0n) is 22.7. The van der Waals surface area contributed by atoms with Crippen molar-refractivity contribution in [2.75, 3.05) is 11.5 Å². The van der Waals surface area contributed by atoms with Crippen molar-refractivity contribution >= 4 is 63.4 Å². The van der Waals surface area contributed by atoms with Crippen molar-refractivity contribution in [3.63, 3.8) is 0 Å². The number of esters is 1. The van der Waals surface area contributed by atoms with Gasteiger partial charge in [-0.3, -0.25) is 19.3 Å². The molecule has 1 aromatic heterocycles. The molecular formula is C33H26Cl2N2O5. The number of rotatable bonds is 6. The SMILES string of the molecule is CC1CCC2C(=O)N(c3ccc(-c4cc(C(=O)OCC(=O)c5ccc(Cl)cc5Cl)c5ccccc5n4)cc3)C(=O)C2C1. The number of aromatic nitrogens is 1. The standard InChI is InChI=1S/C33H26Cl2N2O5/c1-18-6-12-23-25(14-18)32(40)37(31(23)39)21-10-7-19(8-11-21)29-16-26(22-4-2-3-5-28(22)36-29)33(41)42-17-30(38)24-13-9-20(34)15-27(24)35/h2-5,7-11,13,15-16,18,23,25H,6,12,14,17H2,1H3. The summed E-state index contributed by atoms with van der Waals surface area (Å²) in [5.41, 5.74) is 2.74. The second-order valence-corrected chi connectivity index (χ2v) is 11.7. The van der Waals surface area contributed by atoms with Crippen LogP contribution in [0.2, 0.25) is 10.0 Å². The van der Waals surface area contributed by atoms with Crippen molar-refractivity contribution in [1.82, 2.24) is 4.98 Å². The Morgan fingerprint density at radius 2 is 1.64 bits per heavy atom. The maximum Gasteiger partial charge on any atom is 0.339 e. The monoisotopic (exact) mass is 600 g/mol. The first-order valence-electron chi connectivity index (χ1n) is 13.7. The number of halogens is 2. The van der Waals surface area contributed by atoms with Crippen LogP contribution in [0, 0.1) is 17.8 Å². The number of para-hydroxylation sites is 1. The van der Waals surface area contributed by atoms with Gasteiger partial charge < -0.3 is 4.74 Å². The predicted molar refractivity (Wildman–Crippen MR) is 161 cm³/mol. The number of imide groups is 1. The number of benzene rings is 3. The Labute approximate surface area is 252 Å². The van der Waals surface area contributed by atoms with E-state index in [-0.39, 0.29) is 39.8 Å². The molecule has 6 rings (SSSR count). The van der Waals surface area contributed by atoms with E-state index in [0.717, 1.165) is 19.3 Å². The van der Waals surface area contributed by atoms with E-state index in [1.807, 2.05) is 6.07 Å². The summed E-state index contributed by atoms with van der Waals surface area (Å²) >= 11 is 12.1. The van der Waals surface area contributed by atoms with Gasteiger partial charge in [-0.2, -0.15) is 0 Å². The number of carbonyl (C=O) groups is 4. The number of carbonyl (C=O) groups excluding carboxylic acids is 4. The molecule has 2 heterocycles. The van der Waals surface area contributed by atoms with Crippen LogP contribution in [-0.2, 0) is 14.3 Å². The van der Waals surface area contributed by atoms with Gasteiger partial charge in [0.1, 0.15) is 0 Å². The minimum absolute atomic E-state index is 0.132. The van der Waals surface area contributed by atoms with Crippen LogP contribution in [0.5, 0.6) is 0 Å². The Morgan fingerprint density at radius 3 is 2.40 bits per heavy atom. The van der Waals surface area contributed by atoms with Crippen LogP contribution in [0.15, 0.2) is 72.8 Å². The summed E-state index contributed by atoms with van der Waals surface area (Å²) in [6.45, 7) is 1.62. The molecule has 1 aliphatic heterocycles. The molecule has 0 radical (unpaired) electrons. The maximum atomic E-state index is 13.2. The fourth-order valence-electron chi connectivity index (χ4n) is 5.92. The van der Waals surface area contributed by atoms with E-state index < -0.39 is 18.4 Å². The first-order chi connectivity index (χ1) is 20.2. The highest BCUT2D eigenvalue weighted by Gasteiger charge is 2.49. The van der Waals surface area contributed by atoms with Gasteiger partial charge in [-0.1, -0.05) is 60.5 Å². The van der Waals surface area contributed by atoms with Crippen LogP contribution in [0.3, 0.4) is 0 Å². The molecule has 4 aromatic rings. The van der Waals surface area contributed by atoms with E-state index >= 15 is 0 Å². The van der Waals surface area contributed by atoms with E-state index in [9.17, 15) is 19.2 Å². The van der Waals surface area contributed by atoms with E-state index in [4.69, 9.17) is 32.9 Å². The second-order valence-electron chi connectivity index (χ2n) is 10.9. The number of hydrogen-bond acceptors (Lipinski definition) is 6. The minimum Gasteiger partial charge on any atom is -0.454 e. The Bertz CT molecular complexity index is 1750. The fourth-order valence-corrected chi connectivity index (χ4v) is 6.43. The summed E-state index contributed by atoms with van der Waals surface area (Å²) in [6, 6.07) is 20.3. The molecule has 42 heavy (non-hydrogen) atoms. The molecule has 1 saturated carbocycles. The van der Waals surface area contributed by atoms with Crippen molar-refractivity contribution in [2.45, 2.75) is 26.2 Å². The fraction of sp³-hybridized carbons (Fsp3) is 0.242. The summed E-state index contributed by atoms with van der Waals surface area (Å²) in [7, 11) is 0. The topological polar surface area (TPSA) is 93.6 Å². The molecule has 1 saturated heterocycles. The molecule has 7 nitrogen and oxygen atoms in total. The van der Waals surface area contributed by atoms with Crippen LogP contribution in [0.4, 0.5) is 5.69 Å². The number of hydrogen-bond donors (Lipinski definition) is 0. The number of fused-ring (bicyclic) bond motifs is 2. The van der Waals surface area contributed by atoms with Crippen molar-refractivity contribution in [3.05, 3.63) is 94.0 Å². The Hall–Kier alpha value is -4.07. The van der Waals surface area contributed by atoms with Gasteiger partial charge in [-0.25, -0.2) is 9.78 Å². The number of Topliss-reactive ketones (excluding diaryl/α,β-unsaturated/α-hetero) is 1. The zero-order valence-corrected chi connectivity index (χ0v) is 24.2. The molecule has 3 unspecified atom stereocenters. The third kappa shape index (κ3) is 5.19. The second kappa shape index (κ2) is 11.3. The highest BCUT2D eigenvalue weighted by atomic mass is 35.5. The molecule has 3 atom stereocenters. The lowest BCUT2D eigenvalue weighted by molar-refractivity contribution is -0.122. The van der Waals surface area contributed by atoms with E-state index in [2.05, 4.69) is 6.92 Å². The summed E-state index contributed by atoms with van der Waals surface area (Å²) < 4.78 is 5.40. The maximum absolute atomic E-state index is 13.2. The third-order valence-corrected chi connectivity index (χ3v) is 8.66. The molecule has 0 N–H and O–H groups in total. The lowest BCUT2D eigenvalue weighted by Gasteiger charge is -2.25. The molecule has 2 fully saturated rings. The Kier molecular flexibility index (Phi) is 7.56. The highest BCUT2D eigenvalue weighted by molar-refractivity contribution is 6.37. The number of ketones is 1. The molecule has 2 amide bonds. The summed E-state index contributed by atoms with van der Waals surface area (Å²) in [5.74, 6) is -1.47.